The molecule has 0 bridgehead atoms. The molecular formula is C15H15FN2O2. The predicted octanol–water partition coefficient (Wildman–Crippen LogP) is 2.72. The van der Waals surface area contributed by atoms with Crippen molar-refractivity contribution in [2.45, 2.75) is 13.0 Å². The first-order chi connectivity index (χ1) is 9.61. The van der Waals surface area contributed by atoms with Crippen LogP contribution in [0.25, 0.3) is 0 Å². The number of hydrogen-bond acceptors (Lipinski definition) is 3. The number of carbonyl (C=O) groups is 1. The molecule has 0 aliphatic carbocycles. The molecule has 2 rings (SSSR count). The Bertz CT molecular complexity index is 599. The van der Waals surface area contributed by atoms with Gasteiger partial charge >= 0.3 is 0 Å². The largest absolute Gasteiger partial charge is 0.497 e. The van der Waals surface area contributed by atoms with Crippen molar-refractivity contribution in [3.8, 4) is 5.75 Å². The van der Waals surface area contributed by atoms with E-state index in [1.807, 2.05) is 19.1 Å². The summed E-state index contributed by atoms with van der Waals surface area (Å²) in [5.74, 6) is -0.429. The molecule has 0 aliphatic rings. The van der Waals surface area contributed by atoms with E-state index in [9.17, 15) is 9.18 Å². The second kappa shape index (κ2) is 6.14. The number of rotatable bonds is 4. The molecule has 4 nitrogen and oxygen atoms in total. The van der Waals surface area contributed by atoms with Gasteiger partial charge in [0.1, 0.15) is 5.75 Å². The van der Waals surface area contributed by atoms with Crippen LogP contribution in [-0.4, -0.2) is 18.0 Å². The van der Waals surface area contributed by atoms with E-state index < -0.39 is 11.7 Å². The number of aromatic nitrogens is 1. The average Bonchev–Trinajstić information content (AvgIpc) is 2.47. The van der Waals surface area contributed by atoms with Crippen molar-refractivity contribution >= 4 is 5.91 Å². The van der Waals surface area contributed by atoms with E-state index >= 15 is 0 Å². The molecule has 1 N–H and O–H groups in total. The number of nitrogens with zero attached hydrogens (tertiary/aromatic N) is 1. The molecule has 1 atom stereocenters. The Balaban J connectivity index is 2.09. The van der Waals surface area contributed by atoms with Crippen molar-refractivity contribution in [1.29, 1.82) is 0 Å². The number of nitrogens with one attached hydrogen (secondary N) is 1. The summed E-state index contributed by atoms with van der Waals surface area (Å²) in [5.41, 5.74) is 0.698. The van der Waals surface area contributed by atoms with Crippen molar-refractivity contribution in [2.24, 2.45) is 0 Å². The Hall–Kier alpha value is -2.43. The normalized spacial score (nSPS) is 11.8. The fraction of sp³-hybridized carbons (Fsp3) is 0.200. The quantitative estimate of drug-likeness (QED) is 0.932. The summed E-state index contributed by atoms with van der Waals surface area (Å²) in [6, 6.07) is 9.70. The lowest BCUT2D eigenvalue weighted by atomic mass is 10.1. The fourth-order valence-corrected chi connectivity index (χ4v) is 1.79. The van der Waals surface area contributed by atoms with Crippen LogP contribution in [0.15, 0.2) is 42.6 Å². The van der Waals surface area contributed by atoms with E-state index in [-0.39, 0.29) is 11.7 Å². The summed E-state index contributed by atoms with van der Waals surface area (Å²) < 4.78 is 18.5. The molecular weight excluding hydrogens is 259 g/mol. The Kier molecular flexibility index (Phi) is 4.30. The predicted molar refractivity (Wildman–Crippen MR) is 73.1 cm³/mol. The lowest BCUT2D eigenvalue weighted by Gasteiger charge is -2.14. The van der Waals surface area contributed by atoms with Gasteiger partial charge in [-0.15, -0.1) is 0 Å². The van der Waals surface area contributed by atoms with Crippen molar-refractivity contribution in [3.63, 3.8) is 0 Å². The Morgan fingerprint density at radius 1 is 1.30 bits per heavy atom. The summed E-state index contributed by atoms with van der Waals surface area (Å²) in [7, 11) is 1.59. The molecule has 5 heteroatoms. The highest BCUT2D eigenvalue weighted by Crippen LogP contribution is 2.17. The summed E-state index contributed by atoms with van der Waals surface area (Å²) in [6.45, 7) is 1.82. The second-order valence-corrected chi connectivity index (χ2v) is 4.30. The maximum absolute atomic E-state index is 13.5. The number of benzene rings is 1. The molecule has 2 aromatic rings. The Morgan fingerprint density at radius 3 is 2.60 bits per heavy atom. The highest BCUT2D eigenvalue weighted by molar-refractivity contribution is 5.92. The molecule has 1 amide bonds. The summed E-state index contributed by atoms with van der Waals surface area (Å²) >= 11 is 0. The van der Waals surface area contributed by atoms with Crippen LogP contribution in [0.4, 0.5) is 4.39 Å². The van der Waals surface area contributed by atoms with E-state index in [4.69, 9.17) is 4.74 Å². The van der Waals surface area contributed by atoms with Gasteiger partial charge in [-0.25, -0.2) is 9.37 Å². The van der Waals surface area contributed by atoms with Crippen LogP contribution >= 0.6 is 0 Å². The minimum atomic E-state index is -0.632. The van der Waals surface area contributed by atoms with Crippen LogP contribution in [0.3, 0.4) is 0 Å². The third-order valence-electron chi connectivity index (χ3n) is 2.94. The van der Waals surface area contributed by atoms with Crippen LogP contribution in [0.1, 0.15) is 29.0 Å². The molecule has 0 aliphatic heterocycles. The first-order valence-electron chi connectivity index (χ1n) is 6.17. The van der Waals surface area contributed by atoms with Crippen LogP contribution in [0.5, 0.6) is 5.75 Å². The molecule has 20 heavy (non-hydrogen) atoms. The molecule has 104 valence electrons. The van der Waals surface area contributed by atoms with Gasteiger partial charge in [-0.3, -0.25) is 4.79 Å². The average molecular weight is 274 g/mol. The van der Waals surface area contributed by atoms with Gasteiger partial charge in [-0.2, -0.15) is 0 Å². The zero-order chi connectivity index (χ0) is 14.5. The number of amides is 1. The van der Waals surface area contributed by atoms with E-state index in [1.54, 1.807) is 19.2 Å². The first kappa shape index (κ1) is 14.0. The zero-order valence-corrected chi connectivity index (χ0v) is 11.3. The van der Waals surface area contributed by atoms with Crippen LogP contribution in [0, 0.1) is 5.82 Å². The van der Waals surface area contributed by atoms with Gasteiger partial charge in [0.15, 0.2) is 11.5 Å². The highest BCUT2D eigenvalue weighted by Gasteiger charge is 2.16. The molecule has 1 aromatic carbocycles. The van der Waals surface area contributed by atoms with Crippen LogP contribution in [0.2, 0.25) is 0 Å². The molecule has 1 unspecified atom stereocenters. The summed E-state index contributed by atoms with van der Waals surface area (Å²) in [4.78, 5) is 15.7. The van der Waals surface area contributed by atoms with Crippen molar-refractivity contribution in [2.75, 3.05) is 7.11 Å². The van der Waals surface area contributed by atoms with Crippen LogP contribution in [-0.2, 0) is 0 Å². The number of carbonyl (C=O) groups excluding carboxylic acids is 1. The smallest absolute Gasteiger partial charge is 0.273 e. The van der Waals surface area contributed by atoms with Gasteiger partial charge in [-0.1, -0.05) is 12.1 Å². The lowest BCUT2D eigenvalue weighted by molar-refractivity contribution is 0.0930. The Morgan fingerprint density at radius 2 is 2.00 bits per heavy atom. The Labute approximate surface area is 116 Å². The first-order valence-corrected chi connectivity index (χ1v) is 6.17. The van der Waals surface area contributed by atoms with E-state index in [1.165, 1.54) is 18.3 Å². The summed E-state index contributed by atoms with van der Waals surface area (Å²) in [5, 5.41) is 2.71. The molecule has 1 heterocycles. The molecule has 0 fully saturated rings. The highest BCUT2D eigenvalue weighted by atomic mass is 19.1. The minimum absolute atomic E-state index is 0.201. The van der Waals surface area contributed by atoms with E-state index in [0.29, 0.717) is 0 Å². The van der Waals surface area contributed by atoms with Gasteiger partial charge in [0, 0.05) is 6.20 Å². The SMILES string of the molecule is COc1ccc(C(C)NC(=O)c2ncccc2F)cc1. The molecule has 0 saturated carbocycles. The standard InChI is InChI=1S/C15H15FN2O2/c1-10(11-5-7-12(20-2)8-6-11)18-15(19)14-13(16)4-3-9-17-14/h3-10H,1-2H3,(H,18,19). The van der Waals surface area contributed by atoms with E-state index in [2.05, 4.69) is 10.3 Å². The van der Waals surface area contributed by atoms with Crippen molar-refractivity contribution < 1.29 is 13.9 Å². The minimum Gasteiger partial charge on any atom is -0.497 e. The molecule has 0 spiro atoms. The third kappa shape index (κ3) is 3.12. The van der Waals surface area contributed by atoms with Crippen LogP contribution < -0.4 is 10.1 Å². The van der Waals surface area contributed by atoms with Crippen molar-refractivity contribution in [1.82, 2.24) is 10.3 Å². The van der Waals surface area contributed by atoms with Gasteiger partial charge in [-0.05, 0) is 36.8 Å². The van der Waals surface area contributed by atoms with Gasteiger partial charge in [0.25, 0.3) is 5.91 Å². The second-order valence-electron chi connectivity index (χ2n) is 4.30. The lowest BCUT2D eigenvalue weighted by Crippen LogP contribution is -2.28. The number of pyridine rings is 1. The molecule has 0 radical (unpaired) electrons. The van der Waals surface area contributed by atoms with E-state index in [0.717, 1.165) is 11.3 Å². The zero-order valence-electron chi connectivity index (χ0n) is 11.3. The van der Waals surface area contributed by atoms with Crippen molar-refractivity contribution in [3.05, 3.63) is 59.7 Å². The third-order valence-corrected chi connectivity index (χ3v) is 2.94. The maximum Gasteiger partial charge on any atom is 0.273 e. The number of ether oxygens (including phenoxy) is 1. The number of halogens is 1. The van der Waals surface area contributed by atoms with Gasteiger partial charge in [0.2, 0.25) is 0 Å². The fourth-order valence-electron chi connectivity index (χ4n) is 1.79. The van der Waals surface area contributed by atoms with Gasteiger partial charge in [0.05, 0.1) is 13.2 Å². The maximum atomic E-state index is 13.5. The van der Waals surface area contributed by atoms with Gasteiger partial charge < -0.3 is 10.1 Å². The monoisotopic (exact) mass is 274 g/mol. The molecule has 1 aromatic heterocycles. The number of methoxy groups -OCH3 is 1. The summed E-state index contributed by atoms with van der Waals surface area (Å²) in [6.07, 6.45) is 1.38. The number of hydrogen-bond donors (Lipinski definition) is 1. The topological polar surface area (TPSA) is 51.2 Å². The molecule has 0 saturated heterocycles.